The number of anilines is 1. The molecule has 0 spiro atoms. The zero-order valence-electron chi connectivity index (χ0n) is 10.8. The fourth-order valence-electron chi connectivity index (χ4n) is 1.79. The molecule has 2 rings (SSSR count). The van der Waals surface area contributed by atoms with Gasteiger partial charge >= 0.3 is 0 Å². The van der Waals surface area contributed by atoms with Gasteiger partial charge in [0.1, 0.15) is 5.82 Å². The van der Waals surface area contributed by atoms with Crippen LogP contribution in [0.4, 0.5) is 10.1 Å². The number of para-hydroxylation sites is 1. The summed E-state index contributed by atoms with van der Waals surface area (Å²) in [6.45, 7) is 1.62. The van der Waals surface area contributed by atoms with Crippen LogP contribution in [-0.2, 0) is 0 Å². The van der Waals surface area contributed by atoms with Crippen LogP contribution < -0.4 is 5.32 Å². The number of nitrogens with one attached hydrogen (secondary N) is 1. The van der Waals surface area contributed by atoms with Gasteiger partial charge in [0.15, 0.2) is 0 Å². The number of oxime groups is 1. The minimum Gasteiger partial charge on any atom is -0.411 e. The Balaban J connectivity index is 2.29. The molecule has 2 aromatic carbocycles. The minimum absolute atomic E-state index is 0.221. The van der Waals surface area contributed by atoms with Crippen molar-refractivity contribution in [3.05, 3.63) is 65.5 Å². The van der Waals surface area contributed by atoms with Crippen molar-refractivity contribution in [3.63, 3.8) is 0 Å². The van der Waals surface area contributed by atoms with Crippen LogP contribution in [-0.4, -0.2) is 16.8 Å². The molecule has 0 aliphatic heterocycles. The van der Waals surface area contributed by atoms with E-state index in [4.69, 9.17) is 5.21 Å². The minimum atomic E-state index is -0.473. The number of nitrogens with zero attached hydrogens (tertiary/aromatic N) is 1. The fourth-order valence-corrected chi connectivity index (χ4v) is 1.79. The quantitative estimate of drug-likeness (QED) is 0.511. The van der Waals surface area contributed by atoms with Gasteiger partial charge < -0.3 is 10.5 Å². The number of amides is 1. The molecule has 0 saturated heterocycles. The molecule has 5 heteroatoms. The van der Waals surface area contributed by atoms with E-state index >= 15 is 0 Å². The number of rotatable bonds is 3. The average Bonchev–Trinajstić information content (AvgIpc) is 2.47. The highest BCUT2D eigenvalue weighted by Gasteiger charge is 2.11. The highest BCUT2D eigenvalue weighted by molar-refractivity contribution is 6.10. The molecule has 0 aliphatic rings. The highest BCUT2D eigenvalue weighted by atomic mass is 19.1. The van der Waals surface area contributed by atoms with Crippen molar-refractivity contribution in [2.75, 3.05) is 5.32 Å². The van der Waals surface area contributed by atoms with Gasteiger partial charge in [-0.05, 0) is 31.2 Å². The van der Waals surface area contributed by atoms with Gasteiger partial charge in [0.25, 0.3) is 5.91 Å². The van der Waals surface area contributed by atoms with E-state index in [-0.39, 0.29) is 5.56 Å². The van der Waals surface area contributed by atoms with E-state index in [2.05, 4.69) is 10.5 Å². The second-order valence-corrected chi connectivity index (χ2v) is 4.20. The van der Waals surface area contributed by atoms with Gasteiger partial charge in [0.2, 0.25) is 0 Å². The number of hydrogen-bond donors (Lipinski definition) is 2. The average molecular weight is 272 g/mol. The predicted octanol–water partition coefficient (Wildman–Crippen LogP) is 3.28. The molecule has 0 radical (unpaired) electrons. The van der Waals surface area contributed by atoms with E-state index in [9.17, 15) is 9.18 Å². The lowest BCUT2D eigenvalue weighted by Gasteiger charge is -2.10. The van der Waals surface area contributed by atoms with Crippen molar-refractivity contribution >= 4 is 17.3 Å². The van der Waals surface area contributed by atoms with Crippen LogP contribution in [0.25, 0.3) is 0 Å². The topological polar surface area (TPSA) is 61.7 Å². The Morgan fingerprint density at radius 2 is 1.95 bits per heavy atom. The third-order valence-electron chi connectivity index (χ3n) is 2.80. The Kier molecular flexibility index (Phi) is 4.10. The summed E-state index contributed by atoms with van der Waals surface area (Å²) in [6, 6.07) is 12.3. The molecule has 0 atom stereocenters. The highest BCUT2D eigenvalue weighted by Crippen LogP contribution is 2.17. The summed E-state index contributed by atoms with van der Waals surface area (Å²) in [5.41, 5.74) is 1.69. The van der Waals surface area contributed by atoms with Crippen LogP contribution in [0, 0.1) is 5.82 Å². The lowest BCUT2D eigenvalue weighted by molar-refractivity contribution is 0.102. The lowest BCUT2D eigenvalue weighted by atomic mass is 10.1. The number of halogens is 1. The molecule has 0 aliphatic carbocycles. The molecule has 0 heterocycles. The second-order valence-electron chi connectivity index (χ2n) is 4.20. The molecule has 0 unspecified atom stereocenters. The molecule has 0 saturated carbocycles. The van der Waals surface area contributed by atoms with Crippen LogP contribution in [0.2, 0.25) is 0 Å². The fraction of sp³-hybridized carbons (Fsp3) is 0.0667. The van der Waals surface area contributed by atoms with Crippen molar-refractivity contribution in [1.82, 2.24) is 0 Å². The number of hydrogen-bond acceptors (Lipinski definition) is 3. The van der Waals surface area contributed by atoms with E-state index in [0.29, 0.717) is 17.0 Å². The van der Waals surface area contributed by atoms with Crippen LogP contribution in [0.5, 0.6) is 0 Å². The molecule has 1 amide bonds. The van der Waals surface area contributed by atoms with E-state index in [1.807, 2.05) is 0 Å². The number of benzene rings is 2. The third kappa shape index (κ3) is 3.00. The first-order chi connectivity index (χ1) is 9.61. The van der Waals surface area contributed by atoms with Gasteiger partial charge in [-0.25, -0.2) is 4.39 Å². The third-order valence-corrected chi connectivity index (χ3v) is 2.80. The van der Waals surface area contributed by atoms with Gasteiger partial charge in [0, 0.05) is 11.1 Å². The molecule has 20 heavy (non-hydrogen) atoms. The van der Waals surface area contributed by atoms with Crippen molar-refractivity contribution in [3.8, 4) is 0 Å². The standard InChI is InChI=1S/C15H13FN2O2/c1-10(18-20)13-7-2-3-8-14(13)17-15(19)11-5-4-6-12(16)9-11/h2-9,20H,1H3,(H,17,19)/b18-10+. The summed E-state index contributed by atoms with van der Waals surface area (Å²) in [5.74, 6) is -0.901. The summed E-state index contributed by atoms with van der Waals surface area (Å²) in [6.07, 6.45) is 0. The Labute approximate surface area is 115 Å². The van der Waals surface area contributed by atoms with Gasteiger partial charge in [-0.1, -0.05) is 29.4 Å². The first-order valence-electron chi connectivity index (χ1n) is 5.97. The summed E-state index contributed by atoms with van der Waals surface area (Å²) < 4.78 is 13.1. The first-order valence-corrected chi connectivity index (χ1v) is 5.97. The maximum Gasteiger partial charge on any atom is 0.255 e. The monoisotopic (exact) mass is 272 g/mol. The SMILES string of the molecule is C/C(=N\O)c1ccccc1NC(=O)c1cccc(F)c1. The molecule has 0 aromatic heterocycles. The van der Waals surface area contributed by atoms with Crippen molar-refractivity contribution < 1.29 is 14.4 Å². The summed E-state index contributed by atoms with van der Waals surface area (Å²) in [5, 5.41) is 14.6. The predicted molar refractivity (Wildman–Crippen MR) is 74.8 cm³/mol. The lowest BCUT2D eigenvalue weighted by Crippen LogP contribution is -2.14. The van der Waals surface area contributed by atoms with Crippen molar-refractivity contribution in [2.45, 2.75) is 6.92 Å². The summed E-state index contributed by atoms with van der Waals surface area (Å²) >= 11 is 0. The first kappa shape index (κ1) is 13.7. The van der Waals surface area contributed by atoms with Crippen LogP contribution in [0.3, 0.4) is 0 Å². The molecule has 0 bridgehead atoms. The Bertz CT molecular complexity index is 668. The molecule has 102 valence electrons. The molecule has 4 nitrogen and oxygen atoms in total. The Hall–Kier alpha value is -2.69. The summed E-state index contributed by atoms with van der Waals surface area (Å²) in [4.78, 5) is 12.0. The van der Waals surface area contributed by atoms with Gasteiger partial charge in [0.05, 0.1) is 11.4 Å². The van der Waals surface area contributed by atoms with Gasteiger partial charge in [-0.15, -0.1) is 0 Å². The van der Waals surface area contributed by atoms with Crippen LogP contribution >= 0.6 is 0 Å². The number of carbonyl (C=O) groups excluding carboxylic acids is 1. The van der Waals surface area contributed by atoms with Crippen LogP contribution in [0.15, 0.2) is 53.7 Å². The maximum absolute atomic E-state index is 13.1. The summed E-state index contributed by atoms with van der Waals surface area (Å²) in [7, 11) is 0. The van der Waals surface area contributed by atoms with E-state index in [1.165, 1.54) is 18.2 Å². The molecular weight excluding hydrogens is 259 g/mol. The Morgan fingerprint density at radius 3 is 2.65 bits per heavy atom. The zero-order valence-corrected chi connectivity index (χ0v) is 10.8. The normalized spacial score (nSPS) is 11.2. The molecular formula is C15H13FN2O2. The van der Waals surface area contributed by atoms with E-state index < -0.39 is 11.7 Å². The van der Waals surface area contributed by atoms with E-state index in [1.54, 1.807) is 31.2 Å². The smallest absolute Gasteiger partial charge is 0.255 e. The zero-order chi connectivity index (χ0) is 14.5. The van der Waals surface area contributed by atoms with E-state index in [0.717, 1.165) is 6.07 Å². The van der Waals surface area contributed by atoms with Crippen LogP contribution in [0.1, 0.15) is 22.8 Å². The van der Waals surface area contributed by atoms with Crippen molar-refractivity contribution in [2.24, 2.45) is 5.16 Å². The van der Waals surface area contributed by atoms with Gasteiger partial charge in [-0.3, -0.25) is 4.79 Å². The van der Waals surface area contributed by atoms with Gasteiger partial charge in [-0.2, -0.15) is 0 Å². The second kappa shape index (κ2) is 5.97. The largest absolute Gasteiger partial charge is 0.411 e. The maximum atomic E-state index is 13.1. The molecule has 2 N–H and O–H groups in total. The molecule has 0 fully saturated rings. The Morgan fingerprint density at radius 1 is 1.20 bits per heavy atom. The van der Waals surface area contributed by atoms with Crippen molar-refractivity contribution in [1.29, 1.82) is 0 Å². The molecule has 2 aromatic rings. The number of carbonyl (C=O) groups is 1.